The molecule has 0 saturated carbocycles. The molecule has 0 bridgehead atoms. The molecule has 74 valence electrons. The van der Waals surface area contributed by atoms with Gasteiger partial charge >= 0.3 is 0 Å². The Balaban J connectivity index is 0.00000121. The van der Waals surface area contributed by atoms with Gasteiger partial charge in [-0.3, -0.25) is 0 Å². The van der Waals surface area contributed by atoms with Crippen molar-refractivity contribution in [2.75, 3.05) is 26.2 Å². The van der Waals surface area contributed by atoms with Gasteiger partial charge < -0.3 is 10.6 Å². The summed E-state index contributed by atoms with van der Waals surface area (Å²) in [6, 6.07) is 0. The Morgan fingerprint density at radius 1 is 1.33 bits per heavy atom. The van der Waals surface area contributed by atoms with Crippen molar-refractivity contribution in [3.8, 4) is 0 Å². The second kappa shape index (κ2) is 6.63. The van der Waals surface area contributed by atoms with Gasteiger partial charge in [0.25, 0.3) is 0 Å². The molecule has 0 spiro atoms. The van der Waals surface area contributed by atoms with E-state index in [2.05, 4.69) is 4.90 Å². The van der Waals surface area contributed by atoms with Crippen LogP contribution in [-0.4, -0.2) is 37.3 Å². The monoisotopic (exact) mass is 196 g/mol. The van der Waals surface area contributed by atoms with Gasteiger partial charge in [0.1, 0.15) is 6.17 Å². The first kappa shape index (κ1) is 12.1. The van der Waals surface area contributed by atoms with Crippen molar-refractivity contribution in [3.63, 3.8) is 0 Å². The van der Waals surface area contributed by atoms with E-state index >= 15 is 0 Å². The SMILES string of the molecule is Cl.NCCN1CCCC(F)CC1. The fourth-order valence-electron chi connectivity index (χ4n) is 1.52. The molecule has 2 nitrogen and oxygen atoms in total. The zero-order valence-electron chi connectivity index (χ0n) is 7.34. The highest BCUT2D eigenvalue weighted by molar-refractivity contribution is 5.85. The number of halogens is 2. The predicted molar refractivity (Wildman–Crippen MR) is 51.5 cm³/mol. The summed E-state index contributed by atoms with van der Waals surface area (Å²) in [6.07, 6.45) is 1.85. The Morgan fingerprint density at radius 2 is 2.08 bits per heavy atom. The lowest BCUT2D eigenvalue weighted by atomic mass is 10.2. The Kier molecular flexibility index (Phi) is 6.71. The average Bonchev–Trinajstić information content (AvgIpc) is 2.17. The largest absolute Gasteiger partial charge is 0.329 e. The van der Waals surface area contributed by atoms with Crippen molar-refractivity contribution in [1.82, 2.24) is 4.90 Å². The molecule has 0 aromatic heterocycles. The Labute approximate surface area is 79.7 Å². The molecular weight excluding hydrogens is 179 g/mol. The highest BCUT2D eigenvalue weighted by Crippen LogP contribution is 2.12. The quantitative estimate of drug-likeness (QED) is 0.719. The van der Waals surface area contributed by atoms with E-state index in [4.69, 9.17) is 5.73 Å². The van der Waals surface area contributed by atoms with Crippen molar-refractivity contribution < 1.29 is 4.39 Å². The summed E-state index contributed by atoms with van der Waals surface area (Å²) in [6.45, 7) is 3.53. The molecule has 0 aromatic carbocycles. The molecule has 1 unspecified atom stereocenters. The molecule has 1 aliphatic rings. The maximum absolute atomic E-state index is 12.8. The number of rotatable bonds is 2. The third-order valence-corrected chi connectivity index (χ3v) is 2.20. The van der Waals surface area contributed by atoms with Crippen LogP contribution in [0.2, 0.25) is 0 Å². The van der Waals surface area contributed by atoms with Gasteiger partial charge in [0.05, 0.1) is 0 Å². The topological polar surface area (TPSA) is 29.3 Å². The molecule has 0 radical (unpaired) electrons. The van der Waals surface area contributed by atoms with Gasteiger partial charge in [-0.05, 0) is 25.8 Å². The molecule has 1 saturated heterocycles. The molecule has 1 atom stereocenters. The van der Waals surface area contributed by atoms with Gasteiger partial charge in [0, 0.05) is 19.6 Å². The molecule has 1 aliphatic heterocycles. The number of nitrogens with two attached hydrogens (primary N) is 1. The molecule has 1 rings (SSSR count). The first-order chi connectivity index (χ1) is 5.33. The minimum absolute atomic E-state index is 0. The number of hydrogen-bond acceptors (Lipinski definition) is 2. The van der Waals surface area contributed by atoms with E-state index in [1.54, 1.807) is 0 Å². The fourth-order valence-corrected chi connectivity index (χ4v) is 1.52. The van der Waals surface area contributed by atoms with Crippen LogP contribution in [-0.2, 0) is 0 Å². The molecule has 12 heavy (non-hydrogen) atoms. The van der Waals surface area contributed by atoms with Gasteiger partial charge in [0.15, 0.2) is 0 Å². The molecule has 1 heterocycles. The van der Waals surface area contributed by atoms with Crippen LogP contribution >= 0.6 is 12.4 Å². The third kappa shape index (κ3) is 4.24. The van der Waals surface area contributed by atoms with Crippen LogP contribution in [0.5, 0.6) is 0 Å². The van der Waals surface area contributed by atoms with Gasteiger partial charge in [-0.25, -0.2) is 4.39 Å². The van der Waals surface area contributed by atoms with Crippen molar-refractivity contribution in [2.45, 2.75) is 25.4 Å². The number of nitrogens with zero attached hydrogens (tertiary/aromatic N) is 1. The maximum Gasteiger partial charge on any atom is 0.101 e. The van der Waals surface area contributed by atoms with Crippen molar-refractivity contribution in [3.05, 3.63) is 0 Å². The lowest BCUT2D eigenvalue weighted by Crippen LogP contribution is -2.30. The lowest BCUT2D eigenvalue weighted by Gasteiger charge is -2.17. The number of hydrogen-bond donors (Lipinski definition) is 1. The summed E-state index contributed by atoms with van der Waals surface area (Å²) in [7, 11) is 0. The summed E-state index contributed by atoms with van der Waals surface area (Å²) in [4.78, 5) is 2.25. The third-order valence-electron chi connectivity index (χ3n) is 2.20. The van der Waals surface area contributed by atoms with Crippen LogP contribution in [0.25, 0.3) is 0 Å². The molecule has 0 amide bonds. The number of likely N-dealkylation sites (tertiary alicyclic amines) is 1. The van der Waals surface area contributed by atoms with Crippen LogP contribution in [0.3, 0.4) is 0 Å². The minimum atomic E-state index is -0.572. The molecule has 4 heteroatoms. The zero-order chi connectivity index (χ0) is 8.10. The number of alkyl halides is 1. The van der Waals surface area contributed by atoms with Gasteiger partial charge in [-0.1, -0.05) is 0 Å². The van der Waals surface area contributed by atoms with E-state index in [1.165, 1.54) is 0 Å². The Bertz CT molecular complexity index is 113. The second-order valence-electron chi connectivity index (χ2n) is 3.16. The molecule has 2 N–H and O–H groups in total. The summed E-state index contributed by atoms with van der Waals surface area (Å²) in [5, 5.41) is 0. The zero-order valence-corrected chi connectivity index (χ0v) is 8.15. The second-order valence-corrected chi connectivity index (χ2v) is 3.16. The normalized spacial score (nSPS) is 26.0. The lowest BCUT2D eigenvalue weighted by molar-refractivity contribution is 0.268. The van der Waals surface area contributed by atoms with Crippen LogP contribution in [0.4, 0.5) is 4.39 Å². The van der Waals surface area contributed by atoms with Gasteiger partial charge in [-0.15, -0.1) is 12.4 Å². The highest BCUT2D eigenvalue weighted by Gasteiger charge is 2.14. The molecule has 0 aromatic rings. The van der Waals surface area contributed by atoms with Gasteiger partial charge in [0.2, 0.25) is 0 Å². The average molecular weight is 197 g/mol. The van der Waals surface area contributed by atoms with Crippen molar-refractivity contribution in [2.24, 2.45) is 5.73 Å². The predicted octanol–water partition coefficient (Wildman–Crippen LogP) is 1.19. The Morgan fingerprint density at radius 3 is 2.75 bits per heavy atom. The van der Waals surface area contributed by atoms with Crippen LogP contribution in [0, 0.1) is 0 Å². The maximum atomic E-state index is 12.8. The minimum Gasteiger partial charge on any atom is -0.329 e. The summed E-state index contributed by atoms with van der Waals surface area (Å²) < 4.78 is 12.8. The van der Waals surface area contributed by atoms with E-state index in [0.29, 0.717) is 13.0 Å². The van der Waals surface area contributed by atoms with E-state index in [1.807, 2.05) is 0 Å². The van der Waals surface area contributed by atoms with Crippen molar-refractivity contribution in [1.29, 1.82) is 0 Å². The van der Waals surface area contributed by atoms with Crippen LogP contribution in [0.1, 0.15) is 19.3 Å². The highest BCUT2D eigenvalue weighted by atomic mass is 35.5. The first-order valence-electron chi connectivity index (χ1n) is 4.39. The standard InChI is InChI=1S/C8H17FN2.ClH/c9-8-2-1-5-11(6-3-8)7-4-10;/h8H,1-7,10H2;1H. The fraction of sp³-hybridized carbons (Fsp3) is 1.00. The van der Waals surface area contributed by atoms with Crippen molar-refractivity contribution >= 4 is 12.4 Å². The summed E-state index contributed by atoms with van der Waals surface area (Å²) in [5.41, 5.74) is 5.41. The molecule has 0 aliphatic carbocycles. The van der Waals surface area contributed by atoms with E-state index in [9.17, 15) is 4.39 Å². The summed E-state index contributed by atoms with van der Waals surface area (Å²) >= 11 is 0. The summed E-state index contributed by atoms with van der Waals surface area (Å²) in [5.74, 6) is 0. The van der Waals surface area contributed by atoms with E-state index < -0.39 is 6.17 Å². The van der Waals surface area contributed by atoms with Crippen LogP contribution in [0.15, 0.2) is 0 Å². The van der Waals surface area contributed by atoms with E-state index in [0.717, 1.165) is 32.5 Å². The Hall–Kier alpha value is 0.140. The smallest absolute Gasteiger partial charge is 0.101 e. The first-order valence-corrected chi connectivity index (χ1v) is 4.39. The molecule has 1 fully saturated rings. The van der Waals surface area contributed by atoms with E-state index in [-0.39, 0.29) is 12.4 Å². The van der Waals surface area contributed by atoms with Crippen LogP contribution < -0.4 is 5.73 Å². The van der Waals surface area contributed by atoms with Gasteiger partial charge in [-0.2, -0.15) is 0 Å². The molecular formula is C8H18ClFN2.